The molecule has 1 heterocycles. The van der Waals surface area contributed by atoms with Crippen molar-refractivity contribution in [3.63, 3.8) is 0 Å². The molecule has 112 valence electrons. The number of thiocarbonyl (C=S) groups is 1. The number of ether oxygens (including phenoxy) is 1. The van der Waals surface area contributed by atoms with Crippen molar-refractivity contribution in [2.75, 3.05) is 5.32 Å². The van der Waals surface area contributed by atoms with Crippen LogP contribution in [0.15, 0.2) is 24.3 Å². The van der Waals surface area contributed by atoms with Crippen LogP contribution in [0.5, 0.6) is 5.75 Å². The summed E-state index contributed by atoms with van der Waals surface area (Å²) >= 11 is 5.75. The van der Waals surface area contributed by atoms with Crippen LogP contribution in [-0.4, -0.2) is 21.2 Å². The maximum absolute atomic E-state index is 12.7. The number of anilines is 1. The van der Waals surface area contributed by atoms with Gasteiger partial charge in [0.1, 0.15) is 15.6 Å². The molecule has 1 aromatic heterocycles. The zero-order chi connectivity index (χ0) is 15.4. The van der Waals surface area contributed by atoms with Crippen molar-refractivity contribution in [3.8, 4) is 5.75 Å². The molecule has 0 aliphatic heterocycles. The summed E-state index contributed by atoms with van der Waals surface area (Å²) in [7, 11) is 0. The predicted octanol–water partition coefficient (Wildman–Crippen LogP) is 3.86. The van der Waals surface area contributed by atoms with Gasteiger partial charge in [-0.1, -0.05) is 16.7 Å². The zero-order valence-electron chi connectivity index (χ0n) is 10.1. The third kappa shape index (κ3) is 4.08. The molecule has 0 saturated carbocycles. The predicted molar refractivity (Wildman–Crippen MR) is 73.3 cm³/mol. The highest BCUT2D eigenvalue weighted by Gasteiger charge is 2.21. The van der Waals surface area contributed by atoms with E-state index >= 15 is 0 Å². The fraction of sp³-hybridized carbons (Fsp3) is 0.182. The number of hydrogen-bond donors (Lipinski definition) is 1. The Bertz CT molecular complexity index is 618. The van der Waals surface area contributed by atoms with Gasteiger partial charge in [0, 0.05) is 5.69 Å². The maximum atomic E-state index is 12.7. The summed E-state index contributed by atoms with van der Waals surface area (Å²) in [6.07, 6.45) is -2.78. The number of hydrogen-bond acceptors (Lipinski definition) is 5. The van der Waals surface area contributed by atoms with E-state index in [0.29, 0.717) is 5.69 Å². The van der Waals surface area contributed by atoms with Crippen LogP contribution in [0.3, 0.4) is 0 Å². The van der Waals surface area contributed by atoms with Crippen LogP contribution in [0.4, 0.5) is 23.2 Å². The van der Waals surface area contributed by atoms with E-state index in [9.17, 15) is 17.6 Å². The second-order valence-corrected chi connectivity index (χ2v) is 4.81. The van der Waals surface area contributed by atoms with E-state index < -0.39 is 18.7 Å². The molecule has 2 rings (SSSR count). The molecule has 10 heteroatoms. The summed E-state index contributed by atoms with van der Waals surface area (Å²) in [6.45, 7) is -2.92. The molecule has 0 aliphatic rings. The van der Waals surface area contributed by atoms with Crippen molar-refractivity contribution in [1.29, 1.82) is 0 Å². The Morgan fingerprint density at radius 3 is 2.43 bits per heavy atom. The van der Waals surface area contributed by atoms with Crippen molar-refractivity contribution in [2.45, 2.75) is 13.0 Å². The molecule has 0 amide bonds. The Morgan fingerprint density at radius 2 is 1.86 bits per heavy atom. The van der Waals surface area contributed by atoms with Gasteiger partial charge < -0.3 is 10.1 Å². The molecular weight excluding hydrogens is 330 g/mol. The molecule has 4 nitrogen and oxygen atoms in total. The van der Waals surface area contributed by atoms with Crippen molar-refractivity contribution in [2.24, 2.45) is 0 Å². The number of rotatable bonds is 5. The minimum atomic E-state index is -2.92. The minimum absolute atomic E-state index is 0.0193. The maximum Gasteiger partial charge on any atom is 0.387 e. The molecule has 0 atom stereocenters. The fourth-order valence-electron chi connectivity index (χ4n) is 1.41. The molecule has 0 saturated heterocycles. The summed E-state index contributed by atoms with van der Waals surface area (Å²) in [5.41, 5.74) is -0.0506. The first-order valence-electron chi connectivity index (χ1n) is 5.44. The molecule has 0 bridgehead atoms. The monoisotopic (exact) mass is 337 g/mol. The molecule has 0 spiro atoms. The van der Waals surface area contributed by atoms with Crippen LogP contribution < -0.4 is 10.1 Å². The molecule has 0 unspecified atom stereocenters. The van der Waals surface area contributed by atoms with E-state index in [2.05, 4.69) is 19.6 Å². The second kappa shape index (κ2) is 6.76. The smallest absolute Gasteiger partial charge is 0.387 e. The lowest BCUT2D eigenvalue weighted by Gasteiger charge is -2.08. The van der Waals surface area contributed by atoms with Gasteiger partial charge in [-0.2, -0.15) is 8.78 Å². The highest BCUT2D eigenvalue weighted by Crippen LogP contribution is 2.25. The van der Waals surface area contributed by atoms with E-state index in [0.717, 1.165) is 11.5 Å². The van der Waals surface area contributed by atoms with Gasteiger partial charge in [0.05, 0.1) is 0 Å². The van der Waals surface area contributed by atoms with Gasteiger partial charge >= 0.3 is 6.61 Å². The summed E-state index contributed by atoms with van der Waals surface area (Å²) < 4.78 is 56.9. The van der Waals surface area contributed by atoms with Crippen molar-refractivity contribution >= 4 is 34.4 Å². The van der Waals surface area contributed by atoms with Gasteiger partial charge in [0.2, 0.25) is 0 Å². The summed E-state index contributed by atoms with van der Waals surface area (Å²) in [5, 5.41) is 6.02. The molecular formula is C11H7F4N3OS2. The first-order chi connectivity index (χ1) is 9.97. The van der Waals surface area contributed by atoms with Gasteiger partial charge in [-0.3, -0.25) is 0 Å². The van der Waals surface area contributed by atoms with Crippen molar-refractivity contribution < 1.29 is 22.3 Å². The quantitative estimate of drug-likeness (QED) is 0.663. The lowest BCUT2D eigenvalue weighted by atomic mass is 10.3. The van der Waals surface area contributed by atoms with Crippen molar-refractivity contribution in [3.05, 3.63) is 34.8 Å². The number of aromatic nitrogens is 2. The molecule has 2 aromatic rings. The van der Waals surface area contributed by atoms with E-state index in [-0.39, 0.29) is 15.6 Å². The number of benzene rings is 1. The highest BCUT2D eigenvalue weighted by atomic mass is 32.1. The zero-order valence-corrected chi connectivity index (χ0v) is 11.7. The number of halogens is 4. The van der Waals surface area contributed by atoms with E-state index in [1.807, 2.05) is 0 Å². The van der Waals surface area contributed by atoms with Gasteiger partial charge in [-0.15, -0.1) is 5.10 Å². The third-order valence-corrected chi connectivity index (χ3v) is 3.46. The number of alkyl halides is 4. The largest absolute Gasteiger partial charge is 0.435 e. The van der Waals surface area contributed by atoms with Crippen LogP contribution in [0, 0.1) is 0 Å². The first kappa shape index (κ1) is 15.6. The van der Waals surface area contributed by atoms with Crippen LogP contribution in [-0.2, 0) is 0 Å². The fourth-order valence-corrected chi connectivity index (χ4v) is 2.31. The van der Waals surface area contributed by atoms with Crippen molar-refractivity contribution in [1.82, 2.24) is 9.59 Å². The SMILES string of the molecule is FC(F)Oc1ccc(NC(=S)c2snnc2C(F)F)cc1. The van der Waals surface area contributed by atoms with Gasteiger partial charge in [-0.25, -0.2) is 8.78 Å². The van der Waals surface area contributed by atoms with Crippen LogP contribution >= 0.6 is 23.8 Å². The van der Waals surface area contributed by atoms with Gasteiger partial charge in [0.25, 0.3) is 6.43 Å². The van der Waals surface area contributed by atoms with E-state index in [4.69, 9.17) is 12.2 Å². The van der Waals surface area contributed by atoms with Crippen LogP contribution in [0.1, 0.15) is 17.0 Å². The van der Waals surface area contributed by atoms with Gasteiger partial charge in [0.15, 0.2) is 5.69 Å². The Labute approximate surface area is 125 Å². The standard InChI is InChI=1S/C11H7F4N3OS2/c12-9(13)7-8(21-18-17-7)10(20)16-5-1-3-6(4-2-5)19-11(14)15/h1-4,9,11H,(H,16,20). The molecule has 21 heavy (non-hydrogen) atoms. The van der Waals surface area contributed by atoms with Crippen LogP contribution in [0.2, 0.25) is 0 Å². The Balaban J connectivity index is 2.07. The lowest BCUT2D eigenvalue weighted by molar-refractivity contribution is -0.0498. The topological polar surface area (TPSA) is 47.0 Å². The Morgan fingerprint density at radius 1 is 1.19 bits per heavy atom. The third-order valence-electron chi connectivity index (χ3n) is 2.26. The molecule has 1 N–H and O–H groups in total. The molecule has 0 fully saturated rings. The van der Waals surface area contributed by atoms with Gasteiger partial charge in [-0.05, 0) is 35.8 Å². The second-order valence-electron chi connectivity index (χ2n) is 3.65. The number of nitrogens with one attached hydrogen (secondary N) is 1. The van der Waals surface area contributed by atoms with E-state index in [1.165, 1.54) is 24.3 Å². The average Bonchev–Trinajstić information content (AvgIpc) is 2.90. The number of nitrogens with zero attached hydrogens (tertiary/aromatic N) is 2. The summed E-state index contributed by atoms with van der Waals surface area (Å²) in [5.74, 6) is -0.0193. The first-order valence-corrected chi connectivity index (χ1v) is 6.62. The van der Waals surface area contributed by atoms with Crippen LogP contribution in [0.25, 0.3) is 0 Å². The molecule has 0 radical (unpaired) electrons. The normalized spacial score (nSPS) is 11.0. The molecule has 0 aliphatic carbocycles. The Hall–Kier alpha value is -1.81. The Kier molecular flexibility index (Phi) is 5.02. The van der Waals surface area contributed by atoms with E-state index in [1.54, 1.807) is 0 Å². The highest BCUT2D eigenvalue weighted by molar-refractivity contribution is 7.81. The average molecular weight is 337 g/mol. The minimum Gasteiger partial charge on any atom is -0.435 e. The summed E-state index contributed by atoms with van der Waals surface area (Å²) in [6, 6.07) is 5.47. The molecule has 1 aromatic carbocycles. The lowest BCUT2D eigenvalue weighted by Crippen LogP contribution is -2.11. The summed E-state index contributed by atoms with van der Waals surface area (Å²) in [4.78, 5) is 0.0933.